The van der Waals surface area contributed by atoms with Crippen molar-refractivity contribution >= 4 is 17.1 Å². The van der Waals surface area contributed by atoms with Crippen LogP contribution in [0.1, 0.15) is 25.7 Å². The van der Waals surface area contributed by atoms with Gasteiger partial charge in [0, 0.05) is 20.1 Å². The summed E-state index contributed by atoms with van der Waals surface area (Å²) in [5, 5.41) is 10.4. The fraction of sp³-hybridized carbons (Fsp3) is 0.611. The van der Waals surface area contributed by atoms with Crippen molar-refractivity contribution in [3.05, 3.63) is 33.5 Å². The number of fused-ring (bicyclic) bond motifs is 1. The van der Waals surface area contributed by atoms with Crippen LogP contribution in [-0.2, 0) is 18.3 Å². The molecule has 27 heavy (non-hydrogen) atoms. The van der Waals surface area contributed by atoms with Crippen LogP contribution in [0.15, 0.2) is 22.2 Å². The number of aromatic nitrogens is 4. The fourth-order valence-electron chi connectivity index (χ4n) is 3.46. The molecule has 2 aromatic heterocycles. The summed E-state index contributed by atoms with van der Waals surface area (Å²) in [7, 11) is 1.58. The molecule has 1 unspecified atom stereocenters. The van der Waals surface area contributed by atoms with Crippen LogP contribution < -0.4 is 16.1 Å². The highest BCUT2D eigenvalue weighted by Gasteiger charge is 2.23. The maximum Gasteiger partial charge on any atom is 0.329 e. The molecule has 0 spiro atoms. The van der Waals surface area contributed by atoms with E-state index in [1.807, 2.05) is 0 Å². The second-order valence-electron chi connectivity index (χ2n) is 6.89. The number of aliphatic hydroxyl groups is 1. The summed E-state index contributed by atoms with van der Waals surface area (Å²) in [5.74, 6) is 0.612. The van der Waals surface area contributed by atoms with E-state index >= 15 is 0 Å². The van der Waals surface area contributed by atoms with Gasteiger partial charge in [-0.3, -0.25) is 14.3 Å². The van der Waals surface area contributed by atoms with Crippen molar-refractivity contribution in [2.45, 2.75) is 38.3 Å². The average molecular weight is 377 g/mol. The van der Waals surface area contributed by atoms with Crippen molar-refractivity contribution < 1.29 is 9.84 Å². The smallest absolute Gasteiger partial charge is 0.329 e. The summed E-state index contributed by atoms with van der Waals surface area (Å²) in [5.41, 5.74) is -0.392. The molecule has 9 heteroatoms. The lowest BCUT2D eigenvalue weighted by atomic mass is 10.2. The van der Waals surface area contributed by atoms with Gasteiger partial charge in [-0.1, -0.05) is 18.9 Å². The van der Waals surface area contributed by atoms with Gasteiger partial charge in [-0.2, -0.15) is 4.98 Å². The number of rotatable bonds is 7. The van der Waals surface area contributed by atoms with Gasteiger partial charge in [-0.25, -0.2) is 4.79 Å². The van der Waals surface area contributed by atoms with E-state index in [0.29, 0.717) is 23.7 Å². The maximum atomic E-state index is 12.5. The van der Waals surface area contributed by atoms with E-state index in [1.54, 1.807) is 17.7 Å². The van der Waals surface area contributed by atoms with E-state index in [-0.39, 0.29) is 13.2 Å². The number of aromatic amines is 1. The zero-order chi connectivity index (χ0) is 19.4. The third kappa shape index (κ3) is 4.14. The van der Waals surface area contributed by atoms with Crippen LogP contribution in [0.25, 0.3) is 11.2 Å². The quantitative estimate of drug-likeness (QED) is 0.533. The standard InChI is InChI=1S/C18H27N5O4/c1-3-10-27-12-13(24)11-23-14-15(21(2)18(26)20-16(14)25)19-17(23)22-8-6-4-5-7-9-22/h3,13,24H,1,4-12H2,2H3,(H,20,25,26). The molecular formula is C18H27N5O4. The lowest BCUT2D eigenvalue weighted by molar-refractivity contribution is 0.0404. The average Bonchev–Trinajstić information content (AvgIpc) is 2.81. The van der Waals surface area contributed by atoms with Crippen LogP contribution in [0, 0.1) is 0 Å². The van der Waals surface area contributed by atoms with Crippen LogP contribution in [0.5, 0.6) is 0 Å². The minimum atomic E-state index is -0.815. The molecule has 1 aliphatic rings. The van der Waals surface area contributed by atoms with Crippen LogP contribution in [0.3, 0.4) is 0 Å². The van der Waals surface area contributed by atoms with Crippen molar-refractivity contribution in [3.63, 3.8) is 0 Å². The first kappa shape index (κ1) is 19.4. The van der Waals surface area contributed by atoms with Crippen LogP contribution in [-0.4, -0.2) is 56.6 Å². The summed E-state index contributed by atoms with van der Waals surface area (Å²) in [4.78, 5) is 33.5. The minimum absolute atomic E-state index is 0.120. The van der Waals surface area contributed by atoms with E-state index in [4.69, 9.17) is 4.74 Å². The summed E-state index contributed by atoms with van der Waals surface area (Å²) in [6, 6.07) is 0. The predicted molar refractivity (Wildman–Crippen MR) is 103 cm³/mol. The monoisotopic (exact) mass is 377 g/mol. The molecule has 0 bridgehead atoms. The number of anilines is 1. The zero-order valence-electron chi connectivity index (χ0n) is 15.7. The first-order valence-corrected chi connectivity index (χ1v) is 9.34. The van der Waals surface area contributed by atoms with Gasteiger partial charge in [-0.15, -0.1) is 6.58 Å². The molecule has 2 aromatic rings. The second kappa shape index (κ2) is 8.53. The molecule has 0 amide bonds. The van der Waals surface area contributed by atoms with Gasteiger partial charge in [-0.05, 0) is 12.8 Å². The first-order valence-electron chi connectivity index (χ1n) is 9.34. The molecule has 2 N–H and O–H groups in total. The van der Waals surface area contributed by atoms with Crippen molar-refractivity contribution in [3.8, 4) is 0 Å². The number of hydrogen-bond acceptors (Lipinski definition) is 6. The van der Waals surface area contributed by atoms with E-state index in [9.17, 15) is 14.7 Å². The number of hydrogen-bond donors (Lipinski definition) is 2. The Morgan fingerprint density at radius 3 is 2.67 bits per heavy atom. The van der Waals surface area contributed by atoms with E-state index in [2.05, 4.69) is 21.4 Å². The first-order chi connectivity index (χ1) is 13.0. The zero-order valence-corrected chi connectivity index (χ0v) is 15.7. The number of imidazole rings is 1. The lowest BCUT2D eigenvalue weighted by Crippen LogP contribution is -2.32. The molecule has 0 radical (unpaired) electrons. The van der Waals surface area contributed by atoms with Crippen LogP contribution in [0.4, 0.5) is 5.95 Å². The third-order valence-electron chi connectivity index (χ3n) is 4.82. The van der Waals surface area contributed by atoms with Gasteiger partial charge in [0.25, 0.3) is 5.56 Å². The molecule has 0 aliphatic carbocycles. The van der Waals surface area contributed by atoms with Crippen LogP contribution >= 0.6 is 0 Å². The van der Waals surface area contributed by atoms with E-state index in [1.165, 1.54) is 4.57 Å². The number of H-pyrrole nitrogens is 1. The number of aryl methyl sites for hydroxylation is 1. The molecule has 1 atom stereocenters. The Morgan fingerprint density at radius 1 is 1.30 bits per heavy atom. The minimum Gasteiger partial charge on any atom is -0.389 e. The van der Waals surface area contributed by atoms with Crippen LogP contribution in [0.2, 0.25) is 0 Å². The summed E-state index contributed by atoms with van der Waals surface area (Å²) < 4.78 is 8.37. The van der Waals surface area contributed by atoms with Crippen molar-refractivity contribution in [1.29, 1.82) is 0 Å². The third-order valence-corrected chi connectivity index (χ3v) is 4.82. The van der Waals surface area contributed by atoms with E-state index < -0.39 is 17.4 Å². The molecular weight excluding hydrogens is 350 g/mol. The lowest BCUT2D eigenvalue weighted by Gasteiger charge is -2.23. The van der Waals surface area contributed by atoms with Gasteiger partial charge in [0.05, 0.1) is 25.9 Å². The molecule has 1 saturated heterocycles. The summed E-state index contributed by atoms with van der Waals surface area (Å²) in [6.45, 7) is 5.86. The molecule has 1 fully saturated rings. The maximum absolute atomic E-state index is 12.5. The summed E-state index contributed by atoms with van der Waals surface area (Å²) in [6.07, 6.45) is 5.21. The number of nitrogens with zero attached hydrogens (tertiary/aromatic N) is 4. The van der Waals surface area contributed by atoms with Gasteiger partial charge in [0.2, 0.25) is 5.95 Å². The number of aliphatic hydroxyl groups excluding tert-OH is 1. The Morgan fingerprint density at radius 2 is 2.00 bits per heavy atom. The highest BCUT2D eigenvalue weighted by Crippen LogP contribution is 2.23. The molecule has 0 saturated carbocycles. The number of nitrogens with one attached hydrogen (secondary N) is 1. The highest BCUT2D eigenvalue weighted by molar-refractivity contribution is 5.74. The Kier molecular flexibility index (Phi) is 6.12. The topological polar surface area (TPSA) is 105 Å². The van der Waals surface area contributed by atoms with Gasteiger partial charge in [0.15, 0.2) is 11.2 Å². The largest absolute Gasteiger partial charge is 0.389 e. The molecule has 148 valence electrons. The van der Waals surface area contributed by atoms with Gasteiger partial charge >= 0.3 is 5.69 Å². The van der Waals surface area contributed by atoms with Crippen molar-refractivity contribution in [2.24, 2.45) is 7.05 Å². The SMILES string of the molecule is C=CCOCC(O)Cn1c(N2CCCCCC2)nc2c1c(=O)[nH]c(=O)n2C. The Labute approximate surface area is 156 Å². The molecule has 3 heterocycles. The Hall–Kier alpha value is -2.39. The van der Waals surface area contributed by atoms with Gasteiger partial charge in [0.1, 0.15) is 0 Å². The van der Waals surface area contributed by atoms with Crippen molar-refractivity contribution in [2.75, 3.05) is 31.2 Å². The van der Waals surface area contributed by atoms with Gasteiger partial charge < -0.3 is 19.3 Å². The molecule has 9 nitrogen and oxygen atoms in total. The summed E-state index contributed by atoms with van der Waals surface area (Å²) >= 11 is 0. The molecule has 3 rings (SSSR count). The fourth-order valence-corrected chi connectivity index (χ4v) is 3.46. The Bertz CT molecular complexity index is 905. The highest BCUT2D eigenvalue weighted by atomic mass is 16.5. The predicted octanol–water partition coefficient (Wildman–Crippen LogP) is 0.367. The number of ether oxygens (including phenoxy) is 1. The Balaban J connectivity index is 2.05. The van der Waals surface area contributed by atoms with Crippen molar-refractivity contribution in [1.82, 2.24) is 19.1 Å². The molecule has 0 aromatic carbocycles. The van der Waals surface area contributed by atoms with E-state index in [0.717, 1.165) is 38.8 Å². The normalized spacial score (nSPS) is 16.4. The molecule has 1 aliphatic heterocycles. The second-order valence-corrected chi connectivity index (χ2v) is 6.89.